The van der Waals surface area contributed by atoms with Crippen LogP contribution in [0.2, 0.25) is 0 Å². The van der Waals surface area contributed by atoms with Gasteiger partial charge in [0, 0.05) is 18.9 Å². The largest absolute Gasteiger partial charge is 0.334 e. The number of hydrogen-bond acceptors (Lipinski definition) is 2. The van der Waals surface area contributed by atoms with Crippen LogP contribution in [0.3, 0.4) is 0 Å². The highest BCUT2D eigenvalue weighted by atomic mass is 15.1. The van der Waals surface area contributed by atoms with Crippen LogP contribution in [-0.2, 0) is 6.54 Å². The second-order valence-electron chi connectivity index (χ2n) is 4.50. The lowest BCUT2D eigenvalue weighted by atomic mass is 10.1. The summed E-state index contributed by atoms with van der Waals surface area (Å²) in [7, 11) is 2.04. The van der Waals surface area contributed by atoms with Gasteiger partial charge in [-0.15, -0.1) is 0 Å². The molecule has 1 aromatic heterocycles. The molecule has 15 heavy (non-hydrogen) atoms. The standard InChI is InChI=1S/C12H21N3/c1-3-7-15-8-6-14-12(15)11(13-2)9-10-4-5-10/h6,8,10-11,13H,3-5,7,9H2,1-2H3. The van der Waals surface area contributed by atoms with E-state index < -0.39 is 0 Å². The first-order chi connectivity index (χ1) is 7.35. The highest BCUT2D eigenvalue weighted by Gasteiger charge is 2.27. The molecule has 0 radical (unpaired) electrons. The number of aryl methyl sites for hydroxylation is 1. The molecule has 0 aromatic carbocycles. The fourth-order valence-electron chi connectivity index (χ4n) is 2.10. The molecule has 1 unspecified atom stereocenters. The summed E-state index contributed by atoms with van der Waals surface area (Å²) in [5.41, 5.74) is 0. The van der Waals surface area contributed by atoms with Gasteiger partial charge in [0.1, 0.15) is 5.82 Å². The second-order valence-corrected chi connectivity index (χ2v) is 4.50. The van der Waals surface area contributed by atoms with Gasteiger partial charge < -0.3 is 9.88 Å². The summed E-state index contributed by atoms with van der Waals surface area (Å²) in [6.45, 7) is 3.29. The van der Waals surface area contributed by atoms with Crippen LogP contribution in [0, 0.1) is 5.92 Å². The zero-order valence-electron chi connectivity index (χ0n) is 9.74. The maximum atomic E-state index is 4.49. The van der Waals surface area contributed by atoms with Gasteiger partial charge in [0.2, 0.25) is 0 Å². The Kier molecular flexibility index (Phi) is 3.41. The molecule has 1 aliphatic rings. The van der Waals surface area contributed by atoms with E-state index in [0.717, 1.165) is 12.5 Å². The Hall–Kier alpha value is -0.830. The molecular weight excluding hydrogens is 186 g/mol. The zero-order chi connectivity index (χ0) is 10.7. The number of aromatic nitrogens is 2. The highest BCUT2D eigenvalue weighted by Crippen LogP contribution is 2.37. The van der Waals surface area contributed by atoms with Gasteiger partial charge in [-0.3, -0.25) is 0 Å². The molecule has 0 bridgehead atoms. The predicted octanol–water partition coefficient (Wildman–Crippen LogP) is 2.35. The van der Waals surface area contributed by atoms with Gasteiger partial charge >= 0.3 is 0 Å². The van der Waals surface area contributed by atoms with E-state index in [9.17, 15) is 0 Å². The normalized spacial score (nSPS) is 18.0. The van der Waals surface area contributed by atoms with Crippen molar-refractivity contribution in [1.82, 2.24) is 14.9 Å². The third kappa shape index (κ3) is 2.59. The average molecular weight is 207 g/mol. The number of nitrogens with one attached hydrogen (secondary N) is 1. The third-order valence-electron chi connectivity index (χ3n) is 3.14. The van der Waals surface area contributed by atoms with Crippen LogP contribution in [-0.4, -0.2) is 16.6 Å². The van der Waals surface area contributed by atoms with Crippen LogP contribution in [0.25, 0.3) is 0 Å². The number of rotatable bonds is 6. The maximum absolute atomic E-state index is 4.49. The lowest BCUT2D eigenvalue weighted by Crippen LogP contribution is -2.21. The van der Waals surface area contributed by atoms with Gasteiger partial charge in [-0.05, 0) is 25.8 Å². The SMILES string of the molecule is CCCn1ccnc1C(CC1CC1)NC. The zero-order valence-corrected chi connectivity index (χ0v) is 9.74. The van der Waals surface area contributed by atoms with Crippen molar-refractivity contribution in [3.63, 3.8) is 0 Å². The van der Waals surface area contributed by atoms with Gasteiger partial charge in [-0.1, -0.05) is 19.8 Å². The summed E-state index contributed by atoms with van der Waals surface area (Å²) >= 11 is 0. The molecule has 1 saturated carbocycles. The topological polar surface area (TPSA) is 29.9 Å². The first-order valence-corrected chi connectivity index (χ1v) is 6.03. The Morgan fingerprint density at radius 3 is 3.00 bits per heavy atom. The monoisotopic (exact) mass is 207 g/mol. The molecule has 1 N–H and O–H groups in total. The Morgan fingerprint density at radius 1 is 1.60 bits per heavy atom. The molecule has 1 atom stereocenters. The molecule has 0 amide bonds. The maximum Gasteiger partial charge on any atom is 0.125 e. The molecule has 1 heterocycles. The van der Waals surface area contributed by atoms with Crippen molar-refractivity contribution in [1.29, 1.82) is 0 Å². The molecule has 1 fully saturated rings. The first kappa shape index (κ1) is 10.7. The van der Waals surface area contributed by atoms with Crippen LogP contribution in [0.1, 0.15) is 44.5 Å². The van der Waals surface area contributed by atoms with Crippen molar-refractivity contribution >= 4 is 0 Å². The van der Waals surface area contributed by atoms with Crippen LogP contribution >= 0.6 is 0 Å². The third-order valence-corrected chi connectivity index (χ3v) is 3.14. The Balaban J connectivity index is 2.05. The summed E-state index contributed by atoms with van der Waals surface area (Å²) in [5, 5.41) is 3.39. The molecule has 2 rings (SSSR count). The molecule has 1 aromatic rings. The number of nitrogens with zero attached hydrogens (tertiary/aromatic N) is 2. The summed E-state index contributed by atoms with van der Waals surface area (Å²) < 4.78 is 2.28. The fraction of sp³-hybridized carbons (Fsp3) is 0.750. The van der Waals surface area contributed by atoms with Crippen molar-refractivity contribution < 1.29 is 0 Å². The van der Waals surface area contributed by atoms with E-state index >= 15 is 0 Å². The van der Waals surface area contributed by atoms with E-state index in [1.807, 2.05) is 13.2 Å². The van der Waals surface area contributed by atoms with E-state index in [1.54, 1.807) is 0 Å². The van der Waals surface area contributed by atoms with Gasteiger partial charge in [0.05, 0.1) is 6.04 Å². The van der Waals surface area contributed by atoms with Crippen LogP contribution < -0.4 is 5.32 Å². The van der Waals surface area contributed by atoms with E-state index in [2.05, 4.69) is 28.0 Å². The Bertz CT molecular complexity index is 302. The van der Waals surface area contributed by atoms with E-state index in [4.69, 9.17) is 0 Å². The molecule has 3 nitrogen and oxygen atoms in total. The minimum Gasteiger partial charge on any atom is -0.334 e. The van der Waals surface area contributed by atoms with Crippen molar-refractivity contribution in [2.75, 3.05) is 7.05 Å². The summed E-state index contributed by atoms with van der Waals surface area (Å²) in [6, 6.07) is 0.444. The second kappa shape index (κ2) is 4.79. The fourth-order valence-corrected chi connectivity index (χ4v) is 2.10. The molecule has 84 valence electrons. The van der Waals surface area contributed by atoms with Gasteiger partial charge in [-0.25, -0.2) is 4.98 Å². The van der Waals surface area contributed by atoms with Crippen molar-refractivity contribution in [2.45, 2.75) is 45.2 Å². The van der Waals surface area contributed by atoms with Gasteiger partial charge in [-0.2, -0.15) is 0 Å². The van der Waals surface area contributed by atoms with E-state index in [-0.39, 0.29) is 0 Å². The van der Waals surface area contributed by atoms with Crippen LogP contribution in [0.5, 0.6) is 0 Å². The minimum atomic E-state index is 0.444. The lowest BCUT2D eigenvalue weighted by Gasteiger charge is -2.17. The van der Waals surface area contributed by atoms with E-state index in [0.29, 0.717) is 6.04 Å². The summed E-state index contributed by atoms with van der Waals surface area (Å²) in [5.74, 6) is 2.15. The quantitative estimate of drug-likeness (QED) is 0.776. The smallest absolute Gasteiger partial charge is 0.125 e. The number of hydrogen-bond donors (Lipinski definition) is 1. The molecule has 0 aliphatic heterocycles. The van der Waals surface area contributed by atoms with Gasteiger partial charge in [0.25, 0.3) is 0 Å². The Labute approximate surface area is 91.9 Å². The van der Waals surface area contributed by atoms with E-state index in [1.165, 1.54) is 31.5 Å². The molecule has 3 heteroatoms. The van der Waals surface area contributed by atoms with Crippen molar-refractivity contribution in [2.24, 2.45) is 5.92 Å². The summed E-state index contributed by atoms with van der Waals surface area (Å²) in [6.07, 6.45) is 9.25. The van der Waals surface area contributed by atoms with Gasteiger partial charge in [0.15, 0.2) is 0 Å². The molecule has 1 aliphatic carbocycles. The molecular formula is C12H21N3. The average Bonchev–Trinajstić information content (AvgIpc) is 2.95. The van der Waals surface area contributed by atoms with Crippen molar-refractivity contribution in [3.05, 3.63) is 18.2 Å². The first-order valence-electron chi connectivity index (χ1n) is 6.03. The van der Waals surface area contributed by atoms with Crippen LogP contribution in [0.15, 0.2) is 12.4 Å². The van der Waals surface area contributed by atoms with Crippen LogP contribution in [0.4, 0.5) is 0 Å². The predicted molar refractivity (Wildman–Crippen MR) is 61.7 cm³/mol. The Morgan fingerprint density at radius 2 is 2.40 bits per heavy atom. The molecule has 0 saturated heterocycles. The number of imidazole rings is 1. The lowest BCUT2D eigenvalue weighted by molar-refractivity contribution is 0.463. The highest BCUT2D eigenvalue weighted by molar-refractivity contribution is 5.01. The van der Waals surface area contributed by atoms with Crippen molar-refractivity contribution in [3.8, 4) is 0 Å². The summed E-state index contributed by atoms with van der Waals surface area (Å²) in [4.78, 5) is 4.49. The molecule has 0 spiro atoms. The minimum absolute atomic E-state index is 0.444.